The number of aromatic amines is 1. The highest BCUT2D eigenvalue weighted by atomic mass is 19.1. The number of fused-ring (bicyclic) bond motifs is 1. The number of carbonyl (C=O) groups excluding carboxylic acids is 1. The number of amides is 1. The summed E-state index contributed by atoms with van der Waals surface area (Å²) in [4.78, 5) is 17.7. The summed E-state index contributed by atoms with van der Waals surface area (Å²) < 4.78 is 28.3. The number of hydrogen-bond acceptors (Lipinski definition) is 2. The smallest absolute Gasteiger partial charge is 0.274 e. The molecule has 1 N–H and O–H groups in total. The zero-order valence-corrected chi connectivity index (χ0v) is 16.0. The van der Waals surface area contributed by atoms with Crippen LogP contribution >= 0.6 is 0 Å². The highest BCUT2D eigenvalue weighted by Gasteiger charge is 2.22. The Kier molecular flexibility index (Phi) is 4.43. The van der Waals surface area contributed by atoms with Gasteiger partial charge in [-0.15, -0.1) is 0 Å². The molecule has 30 heavy (non-hydrogen) atoms. The molecule has 1 amide bonds. The third kappa shape index (κ3) is 3.28. The number of rotatable bonds is 3. The fourth-order valence-corrected chi connectivity index (χ4v) is 3.82. The van der Waals surface area contributed by atoms with Crippen molar-refractivity contribution in [3.8, 4) is 5.69 Å². The van der Waals surface area contributed by atoms with Crippen molar-refractivity contribution in [3.05, 3.63) is 89.9 Å². The summed E-state index contributed by atoms with van der Waals surface area (Å²) in [6, 6.07) is 12.4. The molecule has 1 aliphatic heterocycles. The van der Waals surface area contributed by atoms with E-state index >= 15 is 0 Å². The van der Waals surface area contributed by atoms with Gasteiger partial charge in [0.25, 0.3) is 5.91 Å². The van der Waals surface area contributed by atoms with E-state index in [2.05, 4.69) is 10.1 Å². The first-order valence-corrected chi connectivity index (χ1v) is 9.65. The minimum Gasteiger partial charge on any atom is -0.360 e. The Hall–Kier alpha value is -3.74. The van der Waals surface area contributed by atoms with Crippen LogP contribution in [0, 0.1) is 11.6 Å². The monoisotopic (exact) mass is 404 g/mol. The van der Waals surface area contributed by atoms with Gasteiger partial charge in [0.1, 0.15) is 11.6 Å². The van der Waals surface area contributed by atoms with E-state index in [4.69, 9.17) is 0 Å². The summed E-state index contributed by atoms with van der Waals surface area (Å²) in [5, 5.41) is 5.28. The number of nitrogens with one attached hydrogen (secondary N) is 1. The SMILES string of the molecule is O=C(c1ccn(-c2cccc(F)c2)n1)N1CC=C(c2c[nH]c3cc(F)ccc23)CC1. The second-order valence-electron chi connectivity index (χ2n) is 7.25. The van der Waals surface area contributed by atoms with E-state index in [0.29, 0.717) is 30.9 Å². The minimum absolute atomic E-state index is 0.165. The van der Waals surface area contributed by atoms with Crippen molar-refractivity contribution in [1.29, 1.82) is 0 Å². The Bertz CT molecular complexity index is 1290. The molecule has 0 saturated heterocycles. The maximum absolute atomic E-state index is 13.4. The standard InChI is InChI=1S/C23H18F2N4O/c24-16-2-1-3-18(12-16)29-11-8-21(27-29)23(30)28-9-6-15(7-10-28)20-14-26-22-13-17(25)4-5-19(20)22/h1-6,8,11-14,26H,7,9-10H2. The zero-order valence-electron chi connectivity index (χ0n) is 16.0. The fourth-order valence-electron chi connectivity index (χ4n) is 3.82. The van der Waals surface area contributed by atoms with Gasteiger partial charge >= 0.3 is 0 Å². The van der Waals surface area contributed by atoms with Crippen LogP contribution in [0.3, 0.4) is 0 Å². The lowest BCUT2D eigenvalue weighted by Crippen LogP contribution is -2.35. The van der Waals surface area contributed by atoms with E-state index in [9.17, 15) is 13.6 Å². The number of benzene rings is 2. The summed E-state index contributed by atoms with van der Waals surface area (Å²) in [5.41, 5.74) is 3.80. The first-order chi connectivity index (χ1) is 14.6. The van der Waals surface area contributed by atoms with E-state index in [0.717, 1.165) is 22.0 Å². The van der Waals surface area contributed by atoms with E-state index in [-0.39, 0.29) is 17.5 Å². The molecule has 0 aliphatic carbocycles. The highest BCUT2D eigenvalue weighted by molar-refractivity contribution is 5.95. The Morgan fingerprint density at radius 3 is 2.73 bits per heavy atom. The van der Waals surface area contributed by atoms with Gasteiger partial charge in [0.15, 0.2) is 5.69 Å². The van der Waals surface area contributed by atoms with Gasteiger partial charge in [0, 0.05) is 41.9 Å². The number of carbonyl (C=O) groups is 1. The Morgan fingerprint density at radius 2 is 1.93 bits per heavy atom. The van der Waals surface area contributed by atoms with Crippen LogP contribution in [0.1, 0.15) is 22.5 Å². The van der Waals surface area contributed by atoms with Crippen LogP contribution in [0.2, 0.25) is 0 Å². The van der Waals surface area contributed by atoms with Gasteiger partial charge in [-0.3, -0.25) is 4.79 Å². The Morgan fingerprint density at radius 1 is 1.07 bits per heavy atom. The number of halogens is 2. The van der Waals surface area contributed by atoms with Crippen LogP contribution in [0.25, 0.3) is 22.2 Å². The minimum atomic E-state index is -0.357. The molecule has 0 radical (unpaired) electrons. The molecule has 7 heteroatoms. The lowest BCUT2D eigenvalue weighted by atomic mass is 9.99. The average Bonchev–Trinajstić information content (AvgIpc) is 3.41. The van der Waals surface area contributed by atoms with Crippen LogP contribution in [0.5, 0.6) is 0 Å². The van der Waals surface area contributed by atoms with Crippen molar-refractivity contribution < 1.29 is 13.6 Å². The molecule has 0 spiro atoms. The normalized spacial score (nSPS) is 14.2. The van der Waals surface area contributed by atoms with Crippen LogP contribution in [0.4, 0.5) is 8.78 Å². The van der Waals surface area contributed by atoms with Crippen LogP contribution in [0.15, 0.2) is 67.0 Å². The van der Waals surface area contributed by atoms with Gasteiger partial charge in [0.2, 0.25) is 0 Å². The largest absolute Gasteiger partial charge is 0.360 e. The molecule has 0 atom stereocenters. The third-order valence-corrected chi connectivity index (χ3v) is 5.37. The molecule has 5 nitrogen and oxygen atoms in total. The number of aromatic nitrogens is 3. The lowest BCUT2D eigenvalue weighted by Gasteiger charge is -2.25. The average molecular weight is 404 g/mol. The second kappa shape index (κ2) is 7.26. The highest BCUT2D eigenvalue weighted by Crippen LogP contribution is 2.30. The van der Waals surface area contributed by atoms with E-state index < -0.39 is 0 Å². The summed E-state index contributed by atoms with van der Waals surface area (Å²) in [7, 11) is 0. The van der Waals surface area contributed by atoms with Crippen molar-refractivity contribution in [1.82, 2.24) is 19.7 Å². The molecule has 0 saturated carbocycles. The van der Waals surface area contributed by atoms with E-state index in [1.54, 1.807) is 35.4 Å². The second-order valence-corrected chi connectivity index (χ2v) is 7.25. The molecule has 0 bridgehead atoms. The predicted molar refractivity (Wildman–Crippen MR) is 110 cm³/mol. The van der Waals surface area contributed by atoms with Crippen molar-refractivity contribution in [2.24, 2.45) is 0 Å². The van der Waals surface area contributed by atoms with E-state index in [1.807, 2.05) is 12.3 Å². The van der Waals surface area contributed by atoms with Crippen molar-refractivity contribution in [2.45, 2.75) is 6.42 Å². The predicted octanol–water partition coefficient (Wildman–Crippen LogP) is 4.56. The molecular formula is C23H18F2N4O. The van der Waals surface area contributed by atoms with Crippen molar-refractivity contribution in [3.63, 3.8) is 0 Å². The van der Waals surface area contributed by atoms with E-state index in [1.165, 1.54) is 28.9 Å². The molecule has 1 aliphatic rings. The summed E-state index contributed by atoms with van der Waals surface area (Å²) in [6.45, 7) is 1.03. The molecule has 2 aromatic carbocycles. The summed E-state index contributed by atoms with van der Waals surface area (Å²) >= 11 is 0. The first-order valence-electron chi connectivity index (χ1n) is 9.65. The molecule has 2 aromatic heterocycles. The molecule has 3 heterocycles. The van der Waals surface area contributed by atoms with Gasteiger partial charge in [-0.25, -0.2) is 13.5 Å². The number of H-pyrrole nitrogens is 1. The maximum Gasteiger partial charge on any atom is 0.274 e. The third-order valence-electron chi connectivity index (χ3n) is 5.37. The summed E-state index contributed by atoms with van der Waals surface area (Å²) in [6.07, 6.45) is 6.25. The maximum atomic E-state index is 13.4. The van der Waals surface area contributed by atoms with Gasteiger partial charge in [0.05, 0.1) is 5.69 Å². The number of nitrogens with zero attached hydrogens (tertiary/aromatic N) is 3. The molecule has 5 rings (SSSR count). The van der Waals surface area contributed by atoms with Gasteiger partial charge < -0.3 is 9.88 Å². The number of hydrogen-bond donors (Lipinski definition) is 1. The first kappa shape index (κ1) is 18.3. The Labute approximate surface area is 171 Å². The zero-order chi connectivity index (χ0) is 20.7. The topological polar surface area (TPSA) is 53.9 Å². The molecule has 150 valence electrons. The van der Waals surface area contributed by atoms with Crippen molar-refractivity contribution >= 4 is 22.4 Å². The van der Waals surface area contributed by atoms with Crippen LogP contribution in [-0.2, 0) is 0 Å². The molecule has 4 aromatic rings. The Balaban J connectivity index is 1.33. The molecule has 0 unspecified atom stereocenters. The lowest BCUT2D eigenvalue weighted by molar-refractivity contribution is 0.0766. The van der Waals surface area contributed by atoms with Gasteiger partial charge in [-0.2, -0.15) is 5.10 Å². The van der Waals surface area contributed by atoms with Crippen LogP contribution in [-0.4, -0.2) is 38.7 Å². The molecular weight excluding hydrogens is 386 g/mol. The van der Waals surface area contributed by atoms with Crippen molar-refractivity contribution in [2.75, 3.05) is 13.1 Å². The molecule has 0 fully saturated rings. The van der Waals surface area contributed by atoms with Crippen LogP contribution < -0.4 is 0 Å². The quantitative estimate of drug-likeness (QED) is 0.544. The van der Waals surface area contributed by atoms with Gasteiger partial charge in [-0.05, 0) is 54.5 Å². The fraction of sp³-hybridized carbons (Fsp3) is 0.130. The van der Waals surface area contributed by atoms with Gasteiger partial charge in [-0.1, -0.05) is 12.1 Å². The summed E-state index contributed by atoms with van der Waals surface area (Å²) in [5.74, 6) is -0.797.